The molecular weight excluding hydrogens is 376 g/mol. The second kappa shape index (κ2) is 9.79. The Bertz CT molecular complexity index is 900. The average Bonchev–Trinajstić information content (AvgIpc) is 2.66. The van der Waals surface area contributed by atoms with Crippen LogP contribution in [0.5, 0.6) is 5.75 Å². The number of carbonyl (C=O) groups is 2. The zero-order valence-corrected chi connectivity index (χ0v) is 19.2. The van der Waals surface area contributed by atoms with Gasteiger partial charge in [0.1, 0.15) is 11.8 Å². The molecule has 1 atom stereocenters. The van der Waals surface area contributed by atoms with E-state index in [0.717, 1.165) is 22.3 Å². The van der Waals surface area contributed by atoms with Crippen molar-refractivity contribution in [3.05, 3.63) is 64.7 Å². The van der Waals surface area contributed by atoms with Crippen molar-refractivity contribution >= 4 is 11.8 Å². The van der Waals surface area contributed by atoms with E-state index in [1.54, 1.807) is 11.8 Å². The van der Waals surface area contributed by atoms with Gasteiger partial charge in [-0.3, -0.25) is 9.59 Å². The number of aryl methyl sites for hydroxylation is 2. The summed E-state index contributed by atoms with van der Waals surface area (Å²) in [5.41, 5.74) is 3.82. The Morgan fingerprint density at radius 3 is 2.27 bits per heavy atom. The molecule has 0 bridgehead atoms. The predicted molar refractivity (Wildman–Crippen MR) is 120 cm³/mol. The van der Waals surface area contributed by atoms with Crippen LogP contribution in [0.4, 0.5) is 0 Å². The van der Waals surface area contributed by atoms with Crippen LogP contribution in [0.2, 0.25) is 0 Å². The molecule has 0 saturated heterocycles. The highest BCUT2D eigenvalue weighted by Gasteiger charge is 2.29. The highest BCUT2D eigenvalue weighted by atomic mass is 16.5. The maximum Gasteiger partial charge on any atom is 0.261 e. The number of amides is 2. The number of benzene rings is 2. The van der Waals surface area contributed by atoms with E-state index < -0.39 is 6.04 Å². The lowest BCUT2D eigenvalue weighted by Crippen LogP contribution is -2.53. The molecule has 0 fully saturated rings. The predicted octanol–water partition coefficient (Wildman–Crippen LogP) is 4.32. The second-order valence-electron chi connectivity index (χ2n) is 8.85. The van der Waals surface area contributed by atoms with Gasteiger partial charge >= 0.3 is 0 Å². The van der Waals surface area contributed by atoms with Gasteiger partial charge in [-0.1, -0.05) is 36.4 Å². The fourth-order valence-corrected chi connectivity index (χ4v) is 3.13. The van der Waals surface area contributed by atoms with Crippen molar-refractivity contribution in [1.29, 1.82) is 0 Å². The minimum Gasteiger partial charge on any atom is -0.483 e. The molecule has 0 heterocycles. The van der Waals surface area contributed by atoms with Gasteiger partial charge in [0.05, 0.1) is 0 Å². The summed E-state index contributed by atoms with van der Waals surface area (Å²) < 4.78 is 5.84. The minimum absolute atomic E-state index is 0.122. The van der Waals surface area contributed by atoms with Crippen molar-refractivity contribution in [2.45, 2.75) is 66.6 Å². The van der Waals surface area contributed by atoms with Gasteiger partial charge in [-0.25, -0.2) is 0 Å². The van der Waals surface area contributed by atoms with E-state index in [9.17, 15) is 9.59 Å². The highest BCUT2D eigenvalue weighted by molar-refractivity contribution is 5.88. The lowest BCUT2D eigenvalue weighted by molar-refractivity contribution is -0.142. The van der Waals surface area contributed by atoms with Crippen LogP contribution >= 0.6 is 0 Å². The van der Waals surface area contributed by atoms with Crippen molar-refractivity contribution < 1.29 is 14.3 Å². The number of nitrogens with one attached hydrogen (secondary N) is 1. The van der Waals surface area contributed by atoms with E-state index in [2.05, 4.69) is 5.32 Å². The Kier molecular flexibility index (Phi) is 7.65. The first-order valence-corrected chi connectivity index (χ1v) is 10.3. The summed E-state index contributed by atoms with van der Waals surface area (Å²) in [5, 5.41) is 2.97. The normalized spacial score (nSPS) is 12.2. The van der Waals surface area contributed by atoms with Crippen LogP contribution in [0.3, 0.4) is 0 Å². The zero-order valence-electron chi connectivity index (χ0n) is 19.2. The number of hydrogen-bond acceptors (Lipinski definition) is 3. The molecule has 5 nitrogen and oxygen atoms in total. The van der Waals surface area contributed by atoms with E-state index >= 15 is 0 Å². The van der Waals surface area contributed by atoms with E-state index in [4.69, 9.17) is 4.74 Å². The number of rotatable bonds is 7. The lowest BCUT2D eigenvalue weighted by atomic mass is 10.1. The molecule has 162 valence electrons. The van der Waals surface area contributed by atoms with Gasteiger partial charge in [0, 0.05) is 12.1 Å². The molecule has 0 saturated carbocycles. The highest BCUT2D eigenvalue weighted by Crippen LogP contribution is 2.21. The Hall–Kier alpha value is -2.82. The van der Waals surface area contributed by atoms with Crippen LogP contribution in [0.15, 0.2) is 42.5 Å². The molecular formula is C25H34N2O3. The first-order chi connectivity index (χ1) is 14.0. The summed E-state index contributed by atoms with van der Waals surface area (Å²) in [4.78, 5) is 27.6. The van der Waals surface area contributed by atoms with Gasteiger partial charge in [-0.15, -0.1) is 0 Å². The number of carbonyl (C=O) groups excluding carboxylic acids is 2. The van der Waals surface area contributed by atoms with Crippen LogP contribution in [-0.2, 0) is 16.1 Å². The average molecular weight is 411 g/mol. The first kappa shape index (κ1) is 23.5. The topological polar surface area (TPSA) is 58.6 Å². The smallest absolute Gasteiger partial charge is 0.261 e. The molecule has 30 heavy (non-hydrogen) atoms. The summed E-state index contributed by atoms with van der Waals surface area (Å²) in [6, 6.07) is 13.0. The van der Waals surface area contributed by atoms with Gasteiger partial charge in [-0.2, -0.15) is 0 Å². The molecule has 0 aliphatic rings. The molecule has 0 radical (unpaired) electrons. The molecule has 0 aliphatic heterocycles. The maximum absolute atomic E-state index is 13.2. The molecule has 0 unspecified atom stereocenters. The van der Waals surface area contributed by atoms with Crippen LogP contribution < -0.4 is 10.1 Å². The Morgan fingerprint density at radius 2 is 1.63 bits per heavy atom. The van der Waals surface area contributed by atoms with Crippen LogP contribution in [-0.4, -0.2) is 34.9 Å². The minimum atomic E-state index is -0.626. The summed E-state index contributed by atoms with van der Waals surface area (Å²) in [5.74, 6) is 0.276. The van der Waals surface area contributed by atoms with Crippen molar-refractivity contribution in [3.8, 4) is 5.75 Å². The molecule has 2 amide bonds. The molecule has 2 aromatic carbocycles. The summed E-state index contributed by atoms with van der Waals surface area (Å²) in [7, 11) is 0. The SMILES string of the molecule is Cc1ccccc1CN(C(=O)COc1cccc(C)c1C)[C@@H](C)C(=O)NC(C)(C)C. The van der Waals surface area contributed by atoms with Gasteiger partial charge < -0.3 is 15.0 Å². The van der Waals surface area contributed by atoms with E-state index in [0.29, 0.717) is 12.3 Å². The van der Waals surface area contributed by atoms with Crippen LogP contribution in [0.25, 0.3) is 0 Å². The molecule has 1 N–H and O–H groups in total. The van der Waals surface area contributed by atoms with Crippen molar-refractivity contribution in [2.24, 2.45) is 0 Å². The summed E-state index contributed by atoms with van der Waals surface area (Å²) in [6.07, 6.45) is 0. The maximum atomic E-state index is 13.2. The first-order valence-electron chi connectivity index (χ1n) is 10.3. The second-order valence-corrected chi connectivity index (χ2v) is 8.85. The van der Waals surface area contributed by atoms with Gasteiger partial charge in [0.25, 0.3) is 5.91 Å². The fourth-order valence-electron chi connectivity index (χ4n) is 3.13. The summed E-state index contributed by atoms with van der Waals surface area (Å²) >= 11 is 0. The van der Waals surface area contributed by atoms with Crippen LogP contribution in [0.1, 0.15) is 49.9 Å². The summed E-state index contributed by atoms with van der Waals surface area (Å²) in [6.45, 7) is 13.7. The van der Waals surface area contributed by atoms with E-state index in [1.165, 1.54) is 0 Å². The molecule has 2 aromatic rings. The third-order valence-corrected chi connectivity index (χ3v) is 5.17. The third kappa shape index (κ3) is 6.34. The zero-order chi connectivity index (χ0) is 22.5. The monoisotopic (exact) mass is 410 g/mol. The van der Waals surface area contributed by atoms with Crippen LogP contribution in [0, 0.1) is 20.8 Å². The number of hydrogen-bond donors (Lipinski definition) is 1. The van der Waals surface area contributed by atoms with Gasteiger partial charge in [0.2, 0.25) is 5.91 Å². The van der Waals surface area contributed by atoms with Crippen molar-refractivity contribution in [1.82, 2.24) is 10.2 Å². The lowest BCUT2D eigenvalue weighted by Gasteiger charge is -2.31. The van der Waals surface area contributed by atoms with Gasteiger partial charge in [0.15, 0.2) is 6.61 Å². The largest absolute Gasteiger partial charge is 0.483 e. The molecule has 0 aliphatic carbocycles. The quantitative estimate of drug-likeness (QED) is 0.739. The van der Waals surface area contributed by atoms with Crippen molar-refractivity contribution in [2.75, 3.05) is 6.61 Å². The third-order valence-electron chi connectivity index (χ3n) is 5.17. The van der Waals surface area contributed by atoms with E-state index in [-0.39, 0.29) is 24.0 Å². The van der Waals surface area contributed by atoms with E-state index in [1.807, 2.05) is 84.0 Å². The number of nitrogens with zero attached hydrogens (tertiary/aromatic N) is 1. The molecule has 0 spiro atoms. The molecule has 2 rings (SSSR count). The Labute approximate surface area is 180 Å². The Balaban J connectivity index is 2.22. The molecule has 5 heteroatoms. The van der Waals surface area contributed by atoms with Gasteiger partial charge in [-0.05, 0) is 76.8 Å². The standard InChI is InChI=1S/C25H34N2O3/c1-17-12-10-14-22(19(17)3)30-16-23(28)27(15-21-13-9-8-11-18(21)2)20(4)24(29)26-25(5,6)7/h8-14,20H,15-16H2,1-7H3,(H,26,29)/t20-/m0/s1. The molecule has 0 aromatic heterocycles. The fraction of sp³-hybridized carbons (Fsp3) is 0.440. The van der Waals surface area contributed by atoms with Crippen molar-refractivity contribution in [3.63, 3.8) is 0 Å². The number of ether oxygens (including phenoxy) is 1. The Morgan fingerprint density at radius 1 is 1.00 bits per heavy atom.